The molecule has 1 aromatic rings. The van der Waals surface area contributed by atoms with Crippen molar-refractivity contribution >= 4 is 28.9 Å². The van der Waals surface area contributed by atoms with Crippen molar-refractivity contribution in [3.8, 4) is 5.75 Å². The zero-order chi connectivity index (χ0) is 11.1. The van der Waals surface area contributed by atoms with Crippen molar-refractivity contribution in [3.63, 3.8) is 0 Å². The summed E-state index contributed by atoms with van der Waals surface area (Å²) in [5.41, 5.74) is 0.330. The Bertz CT molecular complexity index is 424. The van der Waals surface area contributed by atoms with E-state index in [0.717, 1.165) is 6.08 Å². The first-order valence-electron chi connectivity index (χ1n) is 3.95. The molecule has 0 aliphatic heterocycles. The van der Waals surface area contributed by atoms with Crippen molar-refractivity contribution in [2.24, 2.45) is 4.99 Å². The van der Waals surface area contributed by atoms with Gasteiger partial charge >= 0.3 is 0 Å². The Kier molecular flexibility index (Phi) is 4.34. The molecule has 76 valence electrons. The highest BCUT2D eigenvalue weighted by Crippen LogP contribution is 2.29. The van der Waals surface area contributed by atoms with Crippen molar-refractivity contribution < 1.29 is 13.8 Å². The Morgan fingerprint density at radius 2 is 2.27 bits per heavy atom. The summed E-state index contributed by atoms with van der Waals surface area (Å²) in [5.74, 6) is 0.334. The SMILES string of the molecule is C=CC(=O)SOc1ccccc1N=C=O. The minimum Gasteiger partial charge on any atom is -0.415 e. The predicted molar refractivity (Wildman–Crippen MR) is 57.6 cm³/mol. The van der Waals surface area contributed by atoms with Gasteiger partial charge in [-0.15, -0.1) is 0 Å². The van der Waals surface area contributed by atoms with Crippen LogP contribution in [0, 0.1) is 0 Å². The van der Waals surface area contributed by atoms with Crippen LogP contribution in [0.4, 0.5) is 5.69 Å². The molecule has 5 heteroatoms. The molecule has 0 N–H and O–H groups in total. The number of para-hydroxylation sites is 2. The second kappa shape index (κ2) is 5.80. The van der Waals surface area contributed by atoms with Crippen LogP contribution in [0.5, 0.6) is 5.75 Å². The fraction of sp³-hybridized carbons (Fsp3) is 0. The van der Waals surface area contributed by atoms with Crippen LogP contribution in [0.25, 0.3) is 0 Å². The van der Waals surface area contributed by atoms with Gasteiger partial charge in [0, 0.05) is 0 Å². The molecule has 0 saturated carbocycles. The van der Waals surface area contributed by atoms with Gasteiger partial charge < -0.3 is 4.18 Å². The third-order valence-electron chi connectivity index (χ3n) is 1.41. The number of benzene rings is 1. The van der Waals surface area contributed by atoms with E-state index in [1.54, 1.807) is 24.3 Å². The maximum Gasteiger partial charge on any atom is 0.250 e. The van der Waals surface area contributed by atoms with Gasteiger partial charge in [-0.25, -0.2) is 4.79 Å². The van der Waals surface area contributed by atoms with Crippen LogP contribution >= 0.6 is 12.0 Å². The highest BCUT2D eigenvalue weighted by Gasteiger charge is 2.04. The van der Waals surface area contributed by atoms with E-state index in [4.69, 9.17) is 4.18 Å². The first-order valence-corrected chi connectivity index (χ1v) is 4.70. The Labute approximate surface area is 90.9 Å². The number of carbonyl (C=O) groups excluding carboxylic acids is 2. The molecular weight excluding hydrogens is 214 g/mol. The number of rotatable bonds is 4. The zero-order valence-electron chi connectivity index (χ0n) is 7.67. The van der Waals surface area contributed by atoms with E-state index >= 15 is 0 Å². The number of nitrogens with zero attached hydrogens (tertiary/aromatic N) is 1. The lowest BCUT2D eigenvalue weighted by atomic mass is 10.3. The third-order valence-corrected chi connectivity index (χ3v) is 2.01. The van der Waals surface area contributed by atoms with E-state index in [-0.39, 0.29) is 5.12 Å². The van der Waals surface area contributed by atoms with Gasteiger partial charge in [0.05, 0.1) is 0 Å². The molecule has 15 heavy (non-hydrogen) atoms. The van der Waals surface area contributed by atoms with Crippen molar-refractivity contribution in [2.45, 2.75) is 0 Å². The number of hydrogen-bond donors (Lipinski definition) is 0. The van der Waals surface area contributed by atoms with Crippen molar-refractivity contribution in [1.29, 1.82) is 0 Å². The molecule has 0 amide bonds. The van der Waals surface area contributed by atoms with Gasteiger partial charge in [0.15, 0.2) is 5.75 Å². The molecule has 0 aromatic heterocycles. The van der Waals surface area contributed by atoms with Gasteiger partial charge in [-0.05, 0) is 18.2 Å². The van der Waals surface area contributed by atoms with Gasteiger partial charge in [-0.3, -0.25) is 4.79 Å². The quantitative estimate of drug-likeness (QED) is 0.339. The summed E-state index contributed by atoms with van der Waals surface area (Å²) in [6.07, 6.45) is 2.54. The van der Waals surface area contributed by atoms with E-state index < -0.39 is 0 Å². The first kappa shape index (κ1) is 11.2. The summed E-state index contributed by atoms with van der Waals surface area (Å²) in [6, 6.07) is 6.58. The molecule has 0 bridgehead atoms. The smallest absolute Gasteiger partial charge is 0.250 e. The van der Waals surface area contributed by atoms with Gasteiger partial charge in [-0.2, -0.15) is 4.99 Å². The Hall–Kier alpha value is -1.84. The van der Waals surface area contributed by atoms with Crippen LogP contribution in [0.2, 0.25) is 0 Å². The van der Waals surface area contributed by atoms with Gasteiger partial charge in [0.1, 0.15) is 17.7 Å². The van der Waals surface area contributed by atoms with E-state index in [9.17, 15) is 9.59 Å². The molecule has 4 nitrogen and oxygen atoms in total. The third kappa shape index (κ3) is 3.42. The minimum atomic E-state index is -0.320. The van der Waals surface area contributed by atoms with Crippen molar-refractivity contribution in [2.75, 3.05) is 0 Å². The summed E-state index contributed by atoms with van der Waals surface area (Å²) in [4.78, 5) is 24.4. The first-order chi connectivity index (χ1) is 7.27. The molecule has 0 spiro atoms. The molecule has 0 radical (unpaired) electrons. The molecular formula is C10H7NO3S. The van der Waals surface area contributed by atoms with Crippen molar-refractivity contribution in [1.82, 2.24) is 0 Å². The molecule has 0 saturated heterocycles. The summed E-state index contributed by atoms with van der Waals surface area (Å²) >= 11 is 0.623. The largest absolute Gasteiger partial charge is 0.415 e. The lowest BCUT2D eigenvalue weighted by Gasteiger charge is -2.02. The molecule has 0 heterocycles. The van der Waals surface area contributed by atoms with E-state index in [0.29, 0.717) is 23.5 Å². The van der Waals surface area contributed by atoms with E-state index in [1.165, 1.54) is 6.08 Å². The number of hydrogen-bond acceptors (Lipinski definition) is 5. The van der Waals surface area contributed by atoms with Crippen LogP contribution in [-0.4, -0.2) is 11.2 Å². The fourth-order valence-corrected chi connectivity index (χ4v) is 1.17. The Morgan fingerprint density at radius 3 is 2.93 bits per heavy atom. The summed E-state index contributed by atoms with van der Waals surface area (Å²) < 4.78 is 5.07. The second-order valence-electron chi connectivity index (χ2n) is 2.36. The molecule has 0 atom stereocenters. The summed E-state index contributed by atoms with van der Waals surface area (Å²) in [7, 11) is 0. The maximum absolute atomic E-state index is 10.9. The molecule has 0 fully saturated rings. The topological polar surface area (TPSA) is 55.7 Å². The fourth-order valence-electron chi connectivity index (χ4n) is 0.789. The summed E-state index contributed by atoms with van der Waals surface area (Å²) in [6.45, 7) is 3.30. The van der Waals surface area contributed by atoms with Gasteiger partial charge in [0.2, 0.25) is 11.2 Å². The number of carbonyl (C=O) groups is 1. The lowest BCUT2D eigenvalue weighted by molar-refractivity contribution is -0.107. The maximum atomic E-state index is 10.9. The molecule has 1 aromatic carbocycles. The standard InChI is InChI=1S/C10H7NO3S/c1-2-10(13)15-14-9-6-4-3-5-8(9)11-7-12/h2-6H,1H2. The van der Waals surface area contributed by atoms with Gasteiger partial charge in [0.25, 0.3) is 0 Å². The van der Waals surface area contributed by atoms with Crippen LogP contribution < -0.4 is 4.18 Å². The van der Waals surface area contributed by atoms with Crippen LogP contribution in [-0.2, 0) is 9.59 Å². The summed E-state index contributed by atoms with van der Waals surface area (Å²) in [5, 5.41) is -0.320. The Balaban J connectivity index is 2.79. The van der Waals surface area contributed by atoms with Crippen LogP contribution in [0.3, 0.4) is 0 Å². The van der Waals surface area contributed by atoms with E-state index in [2.05, 4.69) is 11.6 Å². The highest BCUT2D eigenvalue weighted by molar-refractivity contribution is 8.10. The average Bonchev–Trinajstić information content (AvgIpc) is 2.28. The molecule has 0 unspecified atom stereocenters. The second-order valence-corrected chi connectivity index (χ2v) is 3.10. The lowest BCUT2D eigenvalue weighted by Crippen LogP contribution is -1.89. The number of aliphatic imine (C=N–C) groups is 1. The predicted octanol–water partition coefficient (Wildman–Crippen LogP) is 2.39. The zero-order valence-corrected chi connectivity index (χ0v) is 8.49. The number of isocyanates is 1. The molecule has 0 aliphatic rings. The molecule has 0 aliphatic carbocycles. The monoisotopic (exact) mass is 221 g/mol. The normalized spacial score (nSPS) is 8.80. The van der Waals surface area contributed by atoms with Crippen molar-refractivity contribution in [3.05, 3.63) is 36.9 Å². The minimum absolute atomic E-state index is 0.320. The molecule has 1 rings (SSSR count). The average molecular weight is 221 g/mol. The highest BCUT2D eigenvalue weighted by atomic mass is 32.2. The van der Waals surface area contributed by atoms with Crippen LogP contribution in [0.1, 0.15) is 0 Å². The Morgan fingerprint density at radius 1 is 1.53 bits per heavy atom. The van der Waals surface area contributed by atoms with Gasteiger partial charge in [-0.1, -0.05) is 18.7 Å². The van der Waals surface area contributed by atoms with E-state index in [1.807, 2.05) is 0 Å². The van der Waals surface area contributed by atoms with Crippen LogP contribution in [0.15, 0.2) is 41.9 Å².